The van der Waals surface area contributed by atoms with Gasteiger partial charge in [0.25, 0.3) is 0 Å². The third-order valence-corrected chi connectivity index (χ3v) is 2.42. The molecule has 0 bridgehead atoms. The van der Waals surface area contributed by atoms with Crippen molar-refractivity contribution in [2.24, 2.45) is 0 Å². The molecule has 0 aromatic heterocycles. The minimum absolute atomic E-state index is 0.0434. The zero-order valence-electron chi connectivity index (χ0n) is 9.74. The molecule has 0 amide bonds. The van der Waals surface area contributed by atoms with Crippen LogP contribution < -0.4 is 10.5 Å². The highest BCUT2D eigenvalue weighted by molar-refractivity contribution is 5.58. The molecule has 0 heterocycles. The maximum Gasteiger partial charge on any atom is 0.312 e. The van der Waals surface area contributed by atoms with Crippen LogP contribution in [0.4, 0.5) is 11.4 Å². The zero-order valence-corrected chi connectivity index (χ0v) is 9.74. The van der Waals surface area contributed by atoms with E-state index >= 15 is 0 Å². The van der Waals surface area contributed by atoms with Crippen LogP contribution in [0.1, 0.15) is 5.56 Å². The second-order valence-electron chi connectivity index (χ2n) is 3.69. The predicted octanol–water partition coefficient (Wildman–Crippen LogP) is 2.84. The van der Waals surface area contributed by atoms with Crippen molar-refractivity contribution in [3.05, 3.63) is 58.1 Å². The summed E-state index contributed by atoms with van der Waals surface area (Å²) < 4.78 is 5.42. The molecule has 2 N–H and O–H groups in total. The summed E-state index contributed by atoms with van der Waals surface area (Å²) in [5.74, 6) is 0.372. The van der Waals surface area contributed by atoms with E-state index in [4.69, 9.17) is 15.7 Å². The van der Waals surface area contributed by atoms with Crippen LogP contribution in [0.25, 0.3) is 0 Å². The highest BCUT2D eigenvalue weighted by Crippen LogP contribution is 2.34. The number of anilines is 1. The van der Waals surface area contributed by atoms with Gasteiger partial charge >= 0.3 is 5.69 Å². The molecule has 0 spiro atoms. The molecular weight excluding hydrogens is 246 g/mol. The average Bonchev–Trinajstić information content (AvgIpc) is 2.41. The number of ether oxygens (including phenoxy) is 1. The number of benzene rings is 2. The topological polar surface area (TPSA) is 102 Å². The van der Waals surface area contributed by atoms with Crippen molar-refractivity contribution in [3.8, 4) is 17.6 Å². The molecule has 2 rings (SSSR count). The van der Waals surface area contributed by atoms with Crippen molar-refractivity contribution >= 4 is 11.4 Å². The molecular formula is C13H9N3O3. The van der Waals surface area contributed by atoms with Crippen LogP contribution in [0.5, 0.6) is 11.5 Å². The second-order valence-corrected chi connectivity index (χ2v) is 3.69. The molecule has 94 valence electrons. The molecule has 0 fully saturated rings. The van der Waals surface area contributed by atoms with Crippen LogP contribution in [0.15, 0.2) is 42.5 Å². The quantitative estimate of drug-likeness (QED) is 0.516. The molecule has 19 heavy (non-hydrogen) atoms. The average molecular weight is 255 g/mol. The van der Waals surface area contributed by atoms with Crippen molar-refractivity contribution in [1.29, 1.82) is 5.26 Å². The van der Waals surface area contributed by atoms with Gasteiger partial charge in [0, 0.05) is 6.07 Å². The molecule has 0 aliphatic heterocycles. The maximum atomic E-state index is 10.9. The highest BCUT2D eigenvalue weighted by Gasteiger charge is 2.17. The molecule has 6 nitrogen and oxygen atoms in total. The summed E-state index contributed by atoms with van der Waals surface area (Å²) in [6.45, 7) is 0. The fraction of sp³-hybridized carbons (Fsp3) is 0. The fourth-order valence-corrected chi connectivity index (χ4v) is 1.51. The minimum Gasteiger partial charge on any atom is -0.448 e. The number of rotatable bonds is 3. The van der Waals surface area contributed by atoms with Crippen LogP contribution in [0.2, 0.25) is 0 Å². The van der Waals surface area contributed by atoms with Gasteiger partial charge in [-0.05, 0) is 24.3 Å². The van der Waals surface area contributed by atoms with E-state index in [0.717, 1.165) is 6.07 Å². The first kappa shape index (κ1) is 12.4. The fourth-order valence-electron chi connectivity index (χ4n) is 1.51. The van der Waals surface area contributed by atoms with Crippen molar-refractivity contribution in [2.75, 3.05) is 5.73 Å². The first-order valence-corrected chi connectivity index (χ1v) is 5.32. The number of nitrogens with zero attached hydrogens (tertiary/aromatic N) is 2. The zero-order chi connectivity index (χ0) is 13.8. The Morgan fingerprint density at radius 1 is 1.21 bits per heavy atom. The minimum atomic E-state index is -0.602. The number of nitro benzene ring substituents is 1. The standard InChI is InChI=1S/C13H9N3O3/c14-8-9-5-6-13(11(7-9)16(17)18)19-12-4-2-1-3-10(12)15/h1-7H,15H2. The van der Waals surface area contributed by atoms with Crippen LogP contribution in [-0.4, -0.2) is 4.92 Å². The lowest BCUT2D eigenvalue weighted by Gasteiger charge is -2.08. The van der Waals surface area contributed by atoms with E-state index in [9.17, 15) is 10.1 Å². The van der Waals surface area contributed by atoms with E-state index in [1.54, 1.807) is 24.3 Å². The molecule has 0 unspecified atom stereocenters. The molecule has 6 heteroatoms. The summed E-state index contributed by atoms with van der Waals surface area (Å²) in [6.07, 6.45) is 0. The van der Waals surface area contributed by atoms with E-state index in [2.05, 4.69) is 0 Å². The van der Waals surface area contributed by atoms with Crippen molar-refractivity contribution < 1.29 is 9.66 Å². The van der Waals surface area contributed by atoms with Gasteiger partial charge in [0.2, 0.25) is 5.75 Å². The van der Waals surface area contributed by atoms with Gasteiger partial charge in [-0.2, -0.15) is 5.26 Å². The Labute approximate surface area is 108 Å². The molecule has 0 saturated carbocycles. The summed E-state index contributed by atoms with van der Waals surface area (Å²) in [4.78, 5) is 10.3. The van der Waals surface area contributed by atoms with Gasteiger partial charge in [0.05, 0.1) is 22.2 Å². The molecule has 2 aromatic carbocycles. The van der Waals surface area contributed by atoms with Gasteiger partial charge in [-0.1, -0.05) is 12.1 Å². The normalized spacial score (nSPS) is 9.63. The highest BCUT2D eigenvalue weighted by atomic mass is 16.6. The lowest BCUT2D eigenvalue weighted by atomic mass is 10.2. The van der Waals surface area contributed by atoms with Crippen LogP contribution in [-0.2, 0) is 0 Å². The number of nitrogens with two attached hydrogens (primary N) is 1. The Morgan fingerprint density at radius 3 is 2.58 bits per heavy atom. The van der Waals surface area contributed by atoms with Crippen molar-refractivity contribution in [1.82, 2.24) is 0 Å². The predicted molar refractivity (Wildman–Crippen MR) is 68.7 cm³/mol. The molecule has 0 aliphatic carbocycles. The molecule has 0 saturated heterocycles. The number of hydrogen-bond acceptors (Lipinski definition) is 5. The first-order chi connectivity index (χ1) is 9.11. The Hall–Kier alpha value is -3.07. The smallest absolute Gasteiger partial charge is 0.312 e. The monoisotopic (exact) mass is 255 g/mol. The SMILES string of the molecule is N#Cc1ccc(Oc2ccccc2N)c([N+](=O)[O-])c1. The summed E-state index contributed by atoms with van der Waals surface area (Å²) in [7, 11) is 0. The molecule has 0 radical (unpaired) electrons. The van der Waals surface area contributed by atoms with Crippen LogP contribution >= 0.6 is 0 Å². The third kappa shape index (κ3) is 2.61. The van der Waals surface area contributed by atoms with Gasteiger partial charge in [-0.25, -0.2) is 0 Å². The summed E-state index contributed by atoms with van der Waals surface area (Å²) >= 11 is 0. The molecule has 0 atom stereocenters. The lowest BCUT2D eigenvalue weighted by Crippen LogP contribution is -1.96. The van der Waals surface area contributed by atoms with E-state index in [0.29, 0.717) is 11.4 Å². The number of nitro groups is 1. The molecule has 2 aromatic rings. The maximum absolute atomic E-state index is 10.9. The Bertz CT molecular complexity index is 677. The van der Waals surface area contributed by atoms with Gasteiger partial charge in [0.15, 0.2) is 5.75 Å². The summed E-state index contributed by atoms with van der Waals surface area (Å²) in [6, 6.07) is 12.5. The van der Waals surface area contributed by atoms with Crippen LogP contribution in [0, 0.1) is 21.4 Å². The van der Waals surface area contributed by atoms with Gasteiger partial charge in [-0.3, -0.25) is 10.1 Å². The van der Waals surface area contributed by atoms with Gasteiger partial charge in [-0.15, -0.1) is 0 Å². The van der Waals surface area contributed by atoms with Crippen LogP contribution in [0.3, 0.4) is 0 Å². The van der Waals surface area contributed by atoms with Crippen molar-refractivity contribution in [2.45, 2.75) is 0 Å². The largest absolute Gasteiger partial charge is 0.448 e. The van der Waals surface area contributed by atoms with E-state index < -0.39 is 4.92 Å². The third-order valence-electron chi connectivity index (χ3n) is 2.42. The van der Waals surface area contributed by atoms with Gasteiger partial charge < -0.3 is 10.5 Å². The van der Waals surface area contributed by atoms with E-state index in [-0.39, 0.29) is 17.0 Å². The molecule has 0 aliphatic rings. The van der Waals surface area contributed by atoms with E-state index in [1.807, 2.05) is 6.07 Å². The Kier molecular flexibility index (Phi) is 3.30. The summed E-state index contributed by atoms with van der Waals surface area (Å²) in [5, 5.41) is 19.7. The number of para-hydroxylation sites is 2. The lowest BCUT2D eigenvalue weighted by molar-refractivity contribution is -0.385. The van der Waals surface area contributed by atoms with Gasteiger partial charge in [0.1, 0.15) is 0 Å². The Morgan fingerprint density at radius 2 is 1.95 bits per heavy atom. The second kappa shape index (κ2) is 5.06. The summed E-state index contributed by atoms with van der Waals surface area (Å²) in [5.41, 5.74) is 6.00. The number of nitrogen functional groups attached to an aromatic ring is 1. The van der Waals surface area contributed by atoms with E-state index in [1.165, 1.54) is 12.1 Å². The number of hydrogen-bond donors (Lipinski definition) is 1. The number of nitriles is 1. The first-order valence-electron chi connectivity index (χ1n) is 5.32. The van der Waals surface area contributed by atoms with Crippen molar-refractivity contribution in [3.63, 3.8) is 0 Å². The Balaban J connectivity index is 2.43.